The smallest absolute Gasteiger partial charge is 0.254 e. The van der Waals surface area contributed by atoms with Crippen molar-refractivity contribution < 1.29 is 9.59 Å². The van der Waals surface area contributed by atoms with Crippen LogP contribution in [0.15, 0.2) is 73.2 Å². The van der Waals surface area contributed by atoms with Gasteiger partial charge in [0.25, 0.3) is 11.8 Å². The first-order chi connectivity index (χ1) is 18.8. The number of likely N-dealkylation sites (tertiary alicyclic amines) is 1. The molecule has 2 atom stereocenters. The molecule has 0 saturated carbocycles. The molecule has 9 N–H and O–H groups in total. The number of amidine groups is 1. The highest BCUT2D eigenvalue weighted by Gasteiger charge is 2.46. The predicted octanol–water partition coefficient (Wildman–Crippen LogP) is -0.224. The van der Waals surface area contributed by atoms with Crippen molar-refractivity contribution in [2.75, 3.05) is 19.6 Å². The summed E-state index contributed by atoms with van der Waals surface area (Å²) >= 11 is 6.13. The fraction of sp³-hybridized carbons (Fsp3) is 0.364. The molecular formula is C22H27ClN14O2. The van der Waals surface area contributed by atoms with E-state index < -0.39 is 23.8 Å². The first-order valence-corrected chi connectivity index (χ1v) is 12.4. The van der Waals surface area contributed by atoms with Crippen molar-refractivity contribution in [1.82, 2.24) is 30.8 Å². The molecule has 3 aliphatic rings. The molecule has 39 heavy (non-hydrogen) atoms. The fourth-order valence-corrected chi connectivity index (χ4v) is 5.21. The number of carbonyl (C=O) groups excluding carboxylic acids is 2. The van der Waals surface area contributed by atoms with Gasteiger partial charge >= 0.3 is 0 Å². The number of hydrogen-bond donors (Lipinski definition) is 6. The van der Waals surface area contributed by atoms with Crippen molar-refractivity contribution in [3.63, 3.8) is 0 Å². The number of amides is 2. The molecular weight excluding hydrogens is 528 g/mol. The van der Waals surface area contributed by atoms with Gasteiger partial charge in [-0.05, 0) is 31.0 Å². The third kappa shape index (κ3) is 5.22. The van der Waals surface area contributed by atoms with Gasteiger partial charge in [-0.3, -0.25) is 25.7 Å². The first-order valence-electron chi connectivity index (χ1n) is 12.0. The lowest BCUT2D eigenvalue weighted by Crippen LogP contribution is -2.60. The normalized spacial score (nSPS) is 23.5. The van der Waals surface area contributed by atoms with E-state index in [0.29, 0.717) is 38.0 Å². The number of nitrogens with one attached hydrogen (secondary N) is 3. The number of pyridine rings is 1. The molecule has 3 aliphatic heterocycles. The van der Waals surface area contributed by atoms with Crippen LogP contribution in [0.2, 0.25) is 0 Å². The number of carbonyl (C=O) groups is 2. The van der Waals surface area contributed by atoms with Crippen LogP contribution in [0.3, 0.4) is 0 Å². The number of aliphatic imine (C=N–C) groups is 1. The van der Waals surface area contributed by atoms with Crippen LogP contribution in [0.1, 0.15) is 23.2 Å². The fourth-order valence-electron chi connectivity index (χ4n) is 5.02. The molecule has 5 rings (SSSR count). The molecule has 17 heteroatoms. The van der Waals surface area contributed by atoms with Gasteiger partial charge < -0.3 is 27.2 Å². The molecule has 4 heterocycles. The molecule has 1 spiro atoms. The quantitative estimate of drug-likeness (QED) is 0.127. The summed E-state index contributed by atoms with van der Waals surface area (Å²) in [5.41, 5.74) is 0.999. The van der Waals surface area contributed by atoms with Crippen LogP contribution in [0.25, 0.3) is 10.9 Å². The van der Waals surface area contributed by atoms with Gasteiger partial charge in [0.05, 0.1) is 5.52 Å². The van der Waals surface area contributed by atoms with E-state index >= 15 is 0 Å². The maximum absolute atomic E-state index is 13.3. The molecule has 0 radical (unpaired) electrons. The molecule has 2 unspecified atom stereocenters. The Bertz CT molecular complexity index is 1390. The minimum absolute atomic E-state index is 0.0429. The van der Waals surface area contributed by atoms with Crippen LogP contribution >= 0.6 is 11.6 Å². The van der Waals surface area contributed by atoms with Crippen molar-refractivity contribution in [2.45, 2.75) is 30.7 Å². The van der Waals surface area contributed by atoms with E-state index in [1.54, 1.807) is 6.20 Å². The highest BCUT2D eigenvalue weighted by Crippen LogP contribution is 2.29. The lowest BCUT2D eigenvalue weighted by Gasteiger charge is -2.39. The Labute approximate surface area is 227 Å². The highest BCUT2D eigenvalue weighted by molar-refractivity contribution is 6.30. The summed E-state index contributed by atoms with van der Waals surface area (Å²) in [6, 6.07) is 8.14. The van der Waals surface area contributed by atoms with E-state index in [2.05, 4.69) is 46.6 Å². The third-order valence-electron chi connectivity index (χ3n) is 6.94. The zero-order chi connectivity index (χ0) is 27.6. The Balaban J connectivity index is 1.23. The van der Waals surface area contributed by atoms with Crippen LogP contribution in [-0.4, -0.2) is 70.0 Å². The van der Waals surface area contributed by atoms with Gasteiger partial charge in [0.1, 0.15) is 6.29 Å². The third-order valence-corrected chi connectivity index (χ3v) is 7.22. The summed E-state index contributed by atoms with van der Waals surface area (Å²) in [6.07, 6.45) is 2.28. The zero-order valence-corrected chi connectivity index (χ0v) is 21.4. The lowest BCUT2D eigenvalue weighted by atomic mass is 9.88. The maximum atomic E-state index is 13.3. The van der Waals surface area contributed by atoms with Gasteiger partial charge in [-0.2, -0.15) is 0 Å². The van der Waals surface area contributed by atoms with Crippen LogP contribution in [0.4, 0.5) is 0 Å². The Hall–Kier alpha value is -4.25. The van der Waals surface area contributed by atoms with E-state index in [-0.39, 0.29) is 22.7 Å². The SMILES string of the molecule is NN=NC1=NC(N=NN)=C(Cl)NC1C(=O)NC1NC2(CCN(C(=O)c3cccc4ncccc34)CC2)CN1N. The number of hydrogen-bond acceptors (Lipinski definition) is 12. The highest BCUT2D eigenvalue weighted by atomic mass is 35.5. The summed E-state index contributed by atoms with van der Waals surface area (Å²) in [6.45, 7) is 1.50. The van der Waals surface area contributed by atoms with E-state index in [0.717, 1.165) is 10.9 Å². The summed E-state index contributed by atoms with van der Waals surface area (Å²) in [4.78, 5) is 36.7. The largest absolute Gasteiger partial charge is 0.355 e. The van der Waals surface area contributed by atoms with E-state index in [4.69, 9.17) is 29.1 Å². The number of hydrazine groups is 1. The Morgan fingerprint density at radius 2 is 1.90 bits per heavy atom. The molecule has 16 nitrogen and oxygen atoms in total. The van der Waals surface area contributed by atoms with Crippen LogP contribution in [-0.2, 0) is 4.79 Å². The van der Waals surface area contributed by atoms with Gasteiger partial charge in [-0.25, -0.2) is 10.0 Å². The molecule has 2 aromatic rings. The van der Waals surface area contributed by atoms with E-state index in [1.165, 1.54) is 5.01 Å². The summed E-state index contributed by atoms with van der Waals surface area (Å²) in [7, 11) is 0. The molecule has 1 aromatic carbocycles. The summed E-state index contributed by atoms with van der Waals surface area (Å²) in [5.74, 6) is 15.8. The Kier molecular flexibility index (Phi) is 7.34. The lowest BCUT2D eigenvalue weighted by molar-refractivity contribution is -0.123. The number of piperidine rings is 1. The van der Waals surface area contributed by atoms with Crippen molar-refractivity contribution in [2.24, 2.45) is 43.2 Å². The Morgan fingerprint density at radius 1 is 1.13 bits per heavy atom. The average molecular weight is 555 g/mol. The van der Waals surface area contributed by atoms with Crippen molar-refractivity contribution in [1.29, 1.82) is 0 Å². The second-order valence-corrected chi connectivity index (χ2v) is 9.67. The molecule has 1 aromatic heterocycles. The van der Waals surface area contributed by atoms with Crippen molar-refractivity contribution in [3.05, 3.63) is 53.1 Å². The second kappa shape index (κ2) is 10.9. The van der Waals surface area contributed by atoms with Gasteiger partial charge in [0.15, 0.2) is 17.0 Å². The molecule has 0 bridgehead atoms. The van der Waals surface area contributed by atoms with E-state index in [1.807, 2.05) is 35.2 Å². The molecule has 2 saturated heterocycles. The van der Waals surface area contributed by atoms with Gasteiger partial charge in [0, 0.05) is 42.3 Å². The van der Waals surface area contributed by atoms with Gasteiger partial charge in [-0.15, -0.1) is 10.2 Å². The van der Waals surface area contributed by atoms with Gasteiger partial charge in [-0.1, -0.05) is 34.2 Å². The molecule has 204 valence electrons. The van der Waals surface area contributed by atoms with Crippen LogP contribution in [0, 0.1) is 0 Å². The van der Waals surface area contributed by atoms with Crippen molar-refractivity contribution >= 4 is 40.2 Å². The summed E-state index contributed by atoms with van der Waals surface area (Å²) in [5, 5.41) is 24.8. The van der Waals surface area contributed by atoms with Gasteiger partial charge in [0.2, 0.25) is 5.82 Å². The van der Waals surface area contributed by atoms with Crippen LogP contribution in [0.5, 0.6) is 0 Å². The predicted molar refractivity (Wildman–Crippen MR) is 141 cm³/mol. The molecule has 2 amide bonds. The number of fused-ring (bicyclic) bond motifs is 1. The number of rotatable bonds is 4. The zero-order valence-electron chi connectivity index (χ0n) is 20.7. The standard InChI is InChI=1S/C22H27ClN14O2/c23-16-18(33-35-25)29-17(32-34-24)15(28-16)19(38)30-21-31-22(11-37(21)26)6-9-36(10-7-22)20(39)13-3-1-5-14-12(13)4-2-8-27-14/h1-5,8,15,21,28,31H,6-7,9-11,26H2,(H2,25,33)(H,30,38)(H2,24,29,32). The number of aromatic nitrogens is 1. The minimum atomic E-state index is -1.12. The monoisotopic (exact) mass is 554 g/mol. The minimum Gasteiger partial charge on any atom is -0.355 e. The summed E-state index contributed by atoms with van der Waals surface area (Å²) < 4.78 is 0. The topological polar surface area (TPSA) is 229 Å². The average Bonchev–Trinajstić information content (AvgIpc) is 3.23. The number of nitrogens with two attached hydrogens (primary N) is 3. The molecule has 0 aliphatic carbocycles. The maximum Gasteiger partial charge on any atom is 0.254 e. The van der Waals surface area contributed by atoms with Crippen LogP contribution < -0.4 is 33.5 Å². The Morgan fingerprint density at radius 3 is 2.64 bits per heavy atom. The van der Waals surface area contributed by atoms with Crippen molar-refractivity contribution in [3.8, 4) is 0 Å². The number of nitrogens with zero attached hydrogens (tertiary/aromatic N) is 8. The number of benzene rings is 1. The molecule has 2 fully saturated rings. The second-order valence-electron chi connectivity index (χ2n) is 9.29. The first kappa shape index (κ1) is 26.4. The number of halogens is 1. The van der Waals surface area contributed by atoms with E-state index in [9.17, 15) is 9.59 Å².